The lowest BCUT2D eigenvalue weighted by Gasteiger charge is -2.24. The molecular weight excluding hydrogens is 286 g/mol. The molecule has 6 heteroatoms. The summed E-state index contributed by atoms with van der Waals surface area (Å²) in [7, 11) is 4.88. The fourth-order valence-corrected chi connectivity index (χ4v) is 2.03. The van der Waals surface area contributed by atoms with Crippen LogP contribution in [0.15, 0.2) is 30.3 Å². The van der Waals surface area contributed by atoms with Crippen molar-refractivity contribution in [2.45, 2.75) is 6.42 Å². The number of nitrogens with zero attached hydrogens (tertiary/aromatic N) is 2. The van der Waals surface area contributed by atoms with E-state index in [9.17, 15) is 9.59 Å². The Kier molecular flexibility index (Phi) is 6.30. The van der Waals surface area contributed by atoms with Crippen LogP contribution in [0.3, 0.4) is 0 Å². The molecule has 0 aliphatic carbocycles. The molecule has 2 amide bonds. The Balaban J connectivity index is 2.78. The molecule has 2 N–H and O–H groups in total. The summed E-state index contributed by atoms with van der Waals surface area (Å²) in [6.07, 6.45) is 0.440. The first-order chi connectivity index (χ1) is 9.82. The summed E-state index contributed by atoms with van der Waals surface area (Å²) in [5.74, 6) is -0.976. The van der Waals surface area contributed by atoms with Gasteiger partial charge in [-0.05, 0) is 12.0 Å². The van der Waals surface area contributed by atoms with E-state index in [1.54, 1.807) is 21.1 Å². The summed E-state index contributed by atoms with van der Waals surface area (Å²) in [6, 6.07) is 9.54. The molecule has 0 aromatic heterocycles. The molecule has 0 bridgehead atoms. The van der Waals surface area contributed by atoms with Crippen molar-refractivity contribution in [3.8, 4) is 0 Å². The predicted molar refractivity (Wildman–Crippen MR) is 86.8 cm³/mol. The predicted octanol–water partition coefficient (Wildman–Crippen LogP) is 0.678. The van der Waals surface area contributed by atoms with Gasteiger partial charge in [0, 0.05) is 21.1 Å². The Hall–Kier alpha value is -1.95. The first kappa shape index (κ1) is 17.1. The standard InChI is InChI=1S/C15H21N3O2S/c1-17(2)13(19)10-18(3)15(20)12(14(16)21)9-11-7-5-4-6-8-11/h4-8,12H,9-10H2,1-3H3,(H2,16,21). The first-order valence-corrected chi connectivity index (χ1v) is 7.02. The molecule has 1 unspecified atom stereocenters. The zero-order valence-electron chi connectivity index (χ0n) is 12.6. The Labute approximate surface area is 130 Å². The molecule has 114 valence electrons. The van der Waals surface area contributed by atoms with Gasteiger partial charge in [-0.15, -0.1) is 0 Å². The molecule has 0 saturated carbocycles. The lowest BCUT2D eigenvalue weighted by Crippen LogP contribution is -2.44. The first-order valence-electron chi connectivity index (χ1n) is 6.61. The van der Waals surface area contributed by atoms with Gasteiger partial charge in [-0.2, -0.15) is 0 Å². The maximum atomic E-state index is 12.4. The van der Waals surface area contributed by atoms with E-state index in [2.05, 4.69) is 0 Å². The van der Waals surface area contributed by atoms with E-state index < -0.39 is 5.92 Å². The van der Waals surface area contributed by atoms with Gasteiger partial charge in [0.15, 0.2) is 0 Å². The third-order valence-corrected chi connectivity index (χ3v) is 3.46. The van der Waals surface area contributed by atoms with Crippen LogP contribution in [0.5, 0.6) is 0 Å². The van der Waals surface area contributed by atoms with Crippen LogP contribution in [-0.2, 0) is 16.0 Å². The summed E-state index contributed by atoms with van der Waals surface area (Å²) in [4.78, 5) is 27.1. The van der Waals surface area contributed by atoms with Crippen molar-refractivity contribution in [3.05, 3.63) is 35.9 Å². The van der Waals surface area contributed by atoms with E-state index in [4.69, 9.17) is 18.0 Å². The number of thiocarbonyl (C=S) groups is 1. The Bertz CT molecular complexity index is 517. The zero-order valence-corrected chi connectivity index (χ0v) is 13.4. The number of carbonyl (C=O) groups excluding carboxylic acids is 2. The molecule has 0 saturated heterocycles. The Morgan fingerprint density at radius 2 is 1.76 bits per heavy atom. The van der Waals surface area contributed by atoms with Crippen LogP contribution in [0.25, 0.3) is 0 Å². The molecule has 1 atom stereocenters. The topological polar surface area (TPSA) is 66.6 Å². The quantitative estimate of drug-likeness (QED) is 0.785. The normalized spacial score (nSPS) is 11.6. The van der Waals surface area contributed by atoms with Gasteiger partial charge in [-0.25, -0.2) is 0 Å². The highest BCUT2D eigenvalue weighted by atomic mass is 32.1. The van der Waals surface area contributed by atoms with E-state index in [0.29, 0.717) is 6.42 Å². The highest BCUT2D eigenvalue weighted by molar-refractivity contribution is 7.80. The molecule has 1 aromatic carbocycles. The molecule has 21 heavy (non-hydrogen) atoms. The third-order valence-electron chi connectivity index (χ3n) is 3.17. The second kappa shape index (κ2) is 7.73. The minimum absolute atomic E-state index is 0.0136. The molecule has 0 fully saturated rings. The largest absolute Gasteiger partial charge is 0.393 e. The summed E-state index contributed by atoms with van der Waals surface area (Å²) >= 11 is 5.01. The lowest BCUT2D eigenvalue weighted by atomic mass is 9.98. The van der Waals surface area contributed by atoms with Crippen molar-refractivity contribution >= 4 is 29.0 Å². The number of benzene rings is 1. The second-order valence-corrected chi connectivity index (χ2v) is 5.60. The molecule has 0 radical (unpaired) electrons. The van der Waals surface area contributed by atoms with E-state index in [1.165, 1.54) is 9.80 Å². The van der Waals surface area contributed by atoms with Crippen LogP contribution in [0.1, 0.15) is 5.56 Å². The maximum absolute atomic E-state index is 12.4. The zero-order chi connectivity index (χ0) is 16.0. The van der Waals surface area contributed by atoms with E-state index in [-0.39, 0.29) is 23.3 Å². The minimum Gasteiger partial charge on any atom is -0.393 e. The Morgan fingerprint density at radius 1 is 1.19 bits per heavy atom. The number of amides is 2. The van der Waals surface area contributed by atoms with Crippen LogP contribution < -0.4 is 5.73 Å². The van der Waals surface area contributed by atoms with Crippen molar-refractivity contribution in [2.75, 3.05) is 27.7 Å². The smallest absolute Gasteiger partial charge is 0.241 e. The molecule has 0 heterocycles. The molecule has 1 aromatic rings. The van der Waals surface area contributed by atoms with Crippen LogP contribution in [-0.4, -0.2) is 54.3 Å². The van der Waals surface area contributed by atoms with Crippen LogP contribution >= 0.6 is 12.2 Å². The SMILES string of the molecule is CN(C)C(=O)CN(C)C(=O)C(Cc1ccccc1)C(N)=S. The fraction of sp³-hybridized carbons (Fsp3) is 0.400. The van der Waals surface area contributed by atoms with Crippen LogP contribution in [0, 0.1) is 5.92 Å². The van der Waals surface area contributed by atoms with Crippen LogP contribution in [0.2, 0.25) is 0 Å². The van der Waals surface area contributed by atoms with Crippen molar-refractivity contribution in [2.24, 2.45) is 11.7 Å². The van der Waals surface area contributed by atoms with Crippen LogP contribution in [0.4, 0.5) is 0 Å². The molecular formula is C15H21N3O2S. The molecule has 0 aliphatic heterocycles. The molecule has 1 rings (SSSR count). The number of carbonyl (C=O) groups is 2. The molecule has 0 spiro atoms. The van der Waals surface area contributed by atoms with Gasteiger partial charge >= 0.3 is 0 Å². The van der Waals surface area contributed by atoms with Crippen molar-refractivity contribution in [1.29, 1.82) is 0 Å². The van der Waals surface area contributed by atoms with Gasteiger partial charge in [-0.1, -0.05) is 42.5 Å². The summed E-state index contributed by atoms with van der Waals surface area (Å²) < 4.78 is 0. The number of nitrogens with two attached hydrogens (primary N) is 1. The van der Waals surface area contributed by atoms with Gasteiger partial charge < -0.3 is 15.5 Å². The van der Waals surface area contributed by atoms with Crippen molar-refractivity contribution in [1.82, 2.24) is 9.80 Å². The summed E-state index contributed by atoms with van der Waals surface area (Å²) in [5, 5.41) is 0. The highest BCUT2D eigenvalue weighted by Gasteiger charge is 2.26. The van der Waals surface area contributed by atoms with E-state index >= 15 is 0 Å². The lowest BCUT2D eigenvalue weighted by molar-refractivity contribution is -0.139. The average Bonchev–Trinajstić information content (AvgIpc) is 2.44. The maximum Gasteiger partial charge on any atom is 0.241 e. The van der Waals surface area contributed by atoms with Gasteiger partial charge in [0.05, 0.1) is 17.5 Å². The monoisotopic (exact) mass is 307 g/mol. The minimum atomic E-state index is -0.595. The van der Waals surface area contributed by atoms with Gasteiger partial charge in [0.2, 0.25) is 11.8 Å². The average molecular weight is 307 g/mol. The molecule has 0 aliphatic rings. The number of rotatable bonds is 6. The number of hydrogen-bond acceptors (Lipinski definition) is 3. The van der Waals surface area contributed by atoms with Gasteiger partial charge in [0.25, 0.3) is 0 Å². The van der Waals surface area contributed by atoms with E-state index in [0.717, 1.165) is 5.56 Å². The second-order valence-electron chi connectivity index (χ2n) is 5.13. The number of likely N-dealkylation sites (N-methyl/N-ethyl adjacent to an activating group) is 2. The number of hydrogen-bond donors (Lipinski definition) is 1. The van der Waals surface area contributed by atoms with Crippen molar-refractivity contribution in [3.63, 3.8) is 0 Å². The highest BCUT2D eigenvalue weighted by Crippen LogP contribution is 2.12. The third kappa shape index (κ3) is 5.15. The van der Waals surface area contributed by atoms with E-state index in [1.807, 2.05) is 30.3 Å². The van der Waals surface area contributed by atoms with Crippen molar-refractivity contribution < 1.29 is 9.59 Å². The summed E-state index contributed by atoms with van der Waals surface area (Å²) in [5.41, 5.74) is 6.68. The Morgan fingerprint density at radius 3 is 2.24 bits per heavy atom. The fourth-order valence-electron chi connectivity index (χ4n) is 1.85. The van der Waals surface area contributed by atoms with Gasteiger partial charge in [-0.3, -0.25) is 9.59 Å². The summed E-state index contributed by atoms with van der Waals surface area (Å²) in [6.45, 7) is 0.0136. The molecule has 5 nitrogen and oxygen atoms in total. The van der Waals surface area contributed by atoms with Gasteiger partial charge in [0.1, 0.15) is 0 Å².